The average Bonchev–Trinajstić information content (AvgIpc) is 2.74. The van der Waals surface area contributed by atoms with Gasteiger partial charge in [-0.05, 0) is 53.2 Å². The Balaban J connectivity index is 1.89. The zero-order chi connectivity index (χ0) is 18.5. The average molecular weight is 346 g/mol. The lowest BCUT2D eigenvalue weighted by Gasteiger charge is -2.56. The maximum absolute atomic E-state index is 12.5. The van der Waals surface area contributed by atoms with E-state index in [0.717, 1.165) is 5.75 Å². The van der Waals surface area contributed by atoms with Crippen molar-refractivity contribution in [3.8, 4) is 5.75 Å². The molecule has 138 valence electrons. The van der Waals surface area contributed by atoms with Crippen LogP contribution < -0.4 is 10.2 Å². The monoisotopic (exact) mass is 346 g/mol. The normalized spacial score (nSPS) is 30.2. The number of hydrogen-bond acceptors (Lipinski definition) is 4. The molecule has 1 unspecified atom stereocenters. The van der Waals surface area contributed by atoms with Crippen LogP contribution in [0.4, 0.5) is 0 Å². The summed E-state index contributed by atoms with van der Waals surface area (Å²) >= 11 is 0. The van der Waals surface area contributed by atoms with Gasteiger partial charge in [0.25, 0.3) is 5.91 Å². The van der Waals surface area contributed by atoms with E-state index < -0.39 is 11.3 Å². The predicted molar refractivity (Wildman–Crippen MR) is 97.0 cm³/mol. The van der Waals surface area contributed by atoms with E-state index in [-0.39, 0.29) is 17.0 Å². The molecule has 1 spiro atoms. The fraction of sp³-hybridized carbons (Fsp3) is 0.650. The van der Waals surface area contributed by atoms with Crippen molar-refractivity contribution in [2.45, 2.75) is 83.2 Å². The first kappa shape index (κ1) is 18.2. The number of hydroxylamine groups is 2. The van der Waals surface area contributed by atoms with Crippen molar-refractivity contribution >= 4 is 5.91 Å². The van der Waals surface area contributed by atoms with Crippen molar-refractivity contribution in [1.29, 1.82) is 0 Å². The van der Waals surface area contributed by atoms with E-state index in [0.29, 0.717) is 19.3 Å². The molecule has 3 rings (SSSR count). The van der Waals surface area contributed by atoms with Crippen LogP contribution in [0.15, 0.2) is 30.3 Å². The van der Waals surface area contributed by atoms with Gasteiger partial charge >= 0.3 is 0 Å². The molecule has 1 amide bonds. The molecule has 0 bridgehead atoms. The van der Waals surface area contributed by atoms with Gasteiger partial charge < -0.3 is 14.9 Å². The molecule has 0 saturated carbocycles. The zero-order valence-corrected chi connectivity index (χ0v) is 16.2. The number of ether oxygens (including phenoxy) is 1. The van der Waals surface area contributed by atoms with Crippen molar-refractivity contribution in [3.63, 3.8) is 0 Å². The third-order valence-corrected chi connectivity index (χ3v) is 5.39. The Morgan fingerprint density at radius 2 is 1.64 bits per heavy atom. The first-order chi connectivity index (χ1) is 11.5. The van der Waals surface area contributed by atoms with E-state index in [1.54, 1.807) is 0 Å². The molecule has 1 aromatic carbocycles. The first-order valence-electron chi connectivity index (χ1n) is 9.08. The molecular weight excluding hydrogens is 316 g/mol. The van der Waals surface area contributed by atoms with Crippen molar-refractivity contribution in [2.24, 2.45) is 0 Å². The van der Waals surface area contributed by atoms with Crippen molar-refractivity contribution in [2.75, 3.05) is 0 Å². The first-order valence-corrected chi connectivity index (χ1v) is 9.08. The van der Waals surface area contributed by atoms with E-state index in [4.69, 9.17) is 9.57 Å². The van der Waals surface area contributed by atoms with Crippen LogP contribution in [-0.4, -0.2) is 33.4 Å². The third-order valence-electron chi connectivity index (χ3n) is 5.39. The van der Waals surface area contributed by atoms with Gasteiger partial charge in [0.05, 0.1) is 11.1 Å². The van der Waals surface area contributed by atoms with E-state index in [2.05, 4.69) is 38.1 Å². The van der Waals surface area contributed by atoms with Gasteiger partial charge in [0, 0.05) is 12.8 Å². The smallest absolute Gasteiger partial charge is 0.254 e. The summed E-state index contributed by atoms with van der Waals surface area (Å²) in [4.78, 5) is 18.8. The van der Waals surface area contributed by atoms with Gasteiger partial charge in [0.15, 0.2) is 0 Å². The van der Waals surface area contributed by atoms with Gasteiger partial charge in [0.2, 0.25) is 0 Å². The predicted octanol–water partition coefficient (Wildman–Crippen LogP) is 3.64. The maximum atomic E-state index is 12.5. The molecule has 5 nitrogen and oxygen atoms in total. The molecule has 2 aliphatic rings. The van der Waals surface area contributed by atoms with Crippen LogP contribution in [0.3, 0.4) is 0 Å². The number of para-hydroxylation sites is 1. The zero-order valence-electron chi connectivity index (χ0n) is 16.2. The standard InChI is InChI=1S/C20H30N2O3/c1-7-19(6)16(23)21-20(25-19)13-17(2,3)22(18(4,5)14-20)24-15-11-9-8-10-12-15/h8-12H,7,13-14H2,1-6H3,(H,21,23). The summed E-state index contributed by atoms with van der Waals surface area (Å²) < 4.78 is 6.37. The molecule has 0 radical (unpaired) electrons. The van der Waals surface area contributed by atoms with Crippen LogP contribution in [0.1, 0.15) is 60.8 Å². The Morgan fingerprint density at radius 3 is 2.12 bits per heavy atom. The van der Waals surface area contributed by atoms with Gasteiger partial charge in [-0.1, -0.05) is 25.1 Å². The minimum Gasteiger partial charge on any atom is -0.405 e. The van der Waals surface area contributed by atoms with E-state index in [9.17, 15) is 4.79 Å². The molecule has 0 aromatic heterocycles. The van der Waals surface area contributed by atoms with E-state index in [1.165, 1.54) is 0 Å². The van der Waals surface area contributed by atoms with Gasteiger partial charge in [0.1, 0.15) is 17.1 Å². The number of benzene rings is 1. The summed E-state index contributed by atoms with van der Waals surface area (Å²) in [6, 6.07) is 9.82. The van der Waals surface area contributed by atoms with Crippen LogP contribution in [-0.2, 0) is 9.53 Å². The second-order valence-corrected chi connectivity index (χ2v) is 8.81. The summed E-state index contributed by atoms with van der Waals surface area (Å²) in [5.74, 6) is 0.799. The molecular formula is C20H30N2O3. The van der Waals surface area contributed by atoms with Crippen LogP contribution >= 0.6 is 0 Å². The Bertz CT molecular complexity index is 638. The fourth-order valence-electron chi connectivity index (χ4n) is 4.49. The van der Waals surface area contributed by atoms with Crippen LogP contribution in [0.25, 0.3) is 0 Å². The lowest BCUT2D eigenvalue weighted by Crippen LogP contribution is -2.69. The molecule has 2 aliphatic heterocycles. The molecule has 2 heterocycles. The summed E-state index contributed by atoms with van der Waals surface area (Å²) in [7, 11) is 0. The summed E-state index contributed by atoms with van der Waals surface area (Å²) in [6.07, 6.45) is 1.99. The minimum atomic E-state index is -0.755. The number of piperidine rings is 1. The number of carbonyl (C=O) groups is 1. The highest BCUT2D eigenvalue weighted by atomic mass is 16.7. The third kappa shape index (κ3) is 3.15. The quantitative estimate of drug-likeness (QED) is 0.908. The topological polar surface area (TPSA) is 50.8 Å². The van der Waals surface area contributed by atoms with Crippen molar-refractivity contribution in [1.82, 2.24) is 10.4 Å². The van der Waals surface area contributed by atoms with Crippen LogP contribution in [0, 0.1) is 0 Å². The summed E-state index contributed by atoms with van der Waals surface area (Å²) in [5.41, 5.74) is -2.03. The molecule has 25 heavy (non-hydrogen) atoms. The highest BCUT2D eigenvalue weighted by Gasteiger charge is 2.61. The lowest BCUT2D eigenvalue weighted by atomic mass is 9.76. The van der Waals surface area contributed by atoms with Crippen LogP contribution in [0.5, 0.6) is 5.75 Å². The highest BCUT2D eigenvalue weighted by molar-refractivity contribution is 5.87. The Morgan fingerprint density at radius 1 is 1.08 bits per heavy atom. The highest BCUT2D eigenvalue weighted by Crippen LogP contribution is 2.48. The summed E-state index contributed by atoms with van der Waals surface area (Å²) in [5, 5.41) is 5.22. The molecule has 5 heteroatoms. The Labute approximate surface area is 150 Å². The second-order valence-electron chi connectivity index (χ2n) is 8.81. The largest absolute Gasteiger partial charge is 0.405 e. The van der Waals surface area contributed by atoms with Gasteiger partial charge in [-0.15, -0.1) is 5.06 Å². The number of amides is 1. The minimum absolute atomic E-state index is 0.0148. The fourth-order valence-corrected chi connectivity index (χ4v) is 4.49. The van der Waals surface area contributed by atoms with Crippen molar-refractivity contribution in [3.05, 3.63) is 30.3 Å². The Kier molecular flexibility index (Phi) is 4.16. The van der Waals surface area contributed by atoms with Crippen molar-refractivity contribution < 1.29 is 14.4 Å². The number of carbonyl (C=O) groups excluding carboxylic acids is 1. The number of nitrogens with zero attached hydrogens (tertiary/aromatic N) is 1. The lowest BCUT2D eigenvalue weighted by molar-refractivity contribution is -0.269. The van der Waals surface area contributed by atoms with Gasteiger partial charge in [-0.2, -0.15) is 0 Å². The second kappa shape index (κ2) is 5.71. The Hall–Kier alpha value is -1.59. The molecule has 2 fully saturated rings. The molecule has 0 aliphatic carbocycles. The summed E-state index contributed by atoms with van der Waals surface area (Å²) in [6.45, 7) is 12.4. The number of hydrogen-bond donors (Lipinski definition) is 1. The number of rotatable bonds is 3. The van der Waals surface area contributed by atoms with Crippen LogP contribution in [0.2, 0.25) is 0 Å². The molecule has 1 aromatic rings. The maximum Gasteiger partial charge on any atom is 0.254 e. The molecule has 2 saturated heterocycles. The van der Waals surface area contributed by atoms with Gasteiger partial charge in [-0.25, -0.2) is 0 Å². The molecule has 1 atom stereocenters. The number of nitrogens with one attached hydrogen (secondary N) is 1. The van der Waals surface area contributed by atoms with E-state index in [1.807, 2.05) is 44.2 Å². The molecule has 1 N–H and O–H groups in total. The SMILES string of the molecule is CCC1(C)OC2(CC(C)(C)N(Oc3ccccc3)C(C)(C)C2)NC1=O. The van der Waals surface area contributed by atoms with E-state index >= 15 is 0 Å². The van der Waals surface area contributed by atoms with Gasteiger partial charge in [-0.3, -0.25) is 4.79 Å².